The number of hydrogen-bond donors (Lipinski definition) is 1. The van der Waals surface area contributed by atoms with Gasteiger partial charge >= 0.3 is 0 Å². The van der Waals surface area contributed by atoms with Gasteiger partial charge in [-0.1, -0.05) is 11.6 Å². The maximum absolute atomic E-state index is 12.4. The number of hydrogen-bond acceptors (Lipinski definition) is 3. The Kier molecular flexibility index (Phi) is 3.55. The number of amides is 1. The molecule has 18 heavy (non-hydrogen) atoms. The summed E-state index contributed by atoms with van der Waals surface area (Å²) in [6.07, 6.45) is 3.08. The zero-order valence-electron chi connectivity index (χ0n) is 10.8. The van der Waals surface area contributed by atoms with Crippen molar-refractivity contribution in [3.05, 3.63) is 35.4 Å². The van der Waals surface area contributed by atoms with Crippen molar-refractivity contribution in [1.29, 1.82) is 0 Å². The number of rotatable bonds is 2. The average Bonchev–Trinajstić information content (AvgIpc) is 2.37. The molecule has 1 aliphatic heterocycles. The van der Waals surface area contributed by atoms with Crippen LogP contribution in [0.15, 0.2) is 29.8 Å². The first kappa shape index (κ1) is 12.5. The van der Waals surface area contributed by atoms with Crippen molar-refractivity contribution in [1.82, 2.24) is 4.90 Å². The van der Waals surface area contributed by atoms with E-state index in [1.54, 1.807) is 25.3 Å². The number of nitrogens with two attached hydrogens (primary N) is 1. The van der Waals surface area contributed by atoms with Gasteiger partial charge in [0, 0.05) is 24.8 Å². The van der Waals surface area contributed by atoms with Crippen LogP contribution >= 0.6 is 0 Å². The van der Waals surface area contributed by atoms with Gasteiger partial charge in [0.05, 0.1) is 12.7 Å². The van der Waals surface area contributed by atoms with Crippen LogP contribution < -0.4 is 10.5 Å². The van der Waals surface area contributed by atoms with Crippen LogP contribution in [0.3, 0.4) is 0 Å². The molecule has 0 atom stereocenters. The number of nitrogens with zero attached hydrogens (tertiary/aromatic N) is 1. The molecule has 2 rings (SSSR count). The zero-order valence-corrected chi connectivity index (χ0v) is 10.8. The van der Waals surface area contributed by atoms with Crippen molar-refractivity contribution < 1.29 is 9.53 Å². The number of nitrogen functional groups attached to an aromatic ring is 1. The molecule has 0 radical (unpaired) electrons. The molecule has 0 bridgehead atoms. The molecule has 1 aromatic carbocycles. The first-order valence-electron chi connectivity index (χ1n) is 6.00. The van der Waals surface area contributed by atoms with E-state index in [4.69, 9.17) is 10.5 Å². The van der Waals surface area contributed by atoms with E-state index in [0.29, 0.717) is 23.5 Å². The van der Waals surface area contributed by atoms with Gasteiger partial charge < -0.3 is 15.4 Å². The van der Waals surface area contributed by atoms with Crippen LogP contribution in [0, 0.1) is 0 Å². The van der Waals surface area contributed by atoms with Crippen molar-refractivity contribution in [3.8, 4) is 5.75 Å². The molecule has 1 heterocycles. The van der Waals surface area contributed by atoms with E-state index in [2.05, 4.69) is 6.08 Å². The smallest absolute Gasteiger partial charge is 0.257 e. The Labute approximate surface area is 107 Å². The number of methoxy groups -OCH3 is 1. The minimum atomic E-state index is -0.000648. The van der Waals surface area contributed by atoms with E-state index in [-0.39, 0.29) is 5.91 Å². The lowest BCUT2D eigenvalue weighted by atomic mass is 10.1. The lowest BCUT2D eigenvalue weighted by Crippen LogP contribution is -2.35. The van der Waals surface area contributed by atoms with Crippen LogP contribution in [0.5, 0.6) is 5.75 Å². The Morgan fingerprint density at radius 2 is 2.22 bits per heavy atom. The van der Waals surface area contributed by atoms with Crippen LogP contribution in [-0.4, -0.2) is 31.0 Å². The summed E-state index contributed by atoms with van der Waals surface area (Å²) in [5.74, 6) is 0.534. The molecule has 0 unspecified atom stereocenters. The molecule has 4 nitrogen and oxygen atoms in total. The van der Waals surface area contributed by atoms with Crippen LogP contribution in [0.25, 0.3) is 0 Å². The molecule has 4 heteroatoms. The molecule has 0 saturated carbocycles. The quantitative estimate of drug-likeness (QED) is 0.642. The molecule has 96 valence electrons. The molecule has 0 fully saturated rings. The largest absolute Gasteiger partial charge is 0.496 e. The summed E-state index contributed by atoms with van der Waals surface area (Å²) in [5.41, 5.74) is 8.08. The Hall–Kier alpha value is -1.97. The maximum atomic E-state index is 12.4. The Morgan fingerprint density at radius 1 is 1.44 bits per heavy atom. The average molecular weight is 246 g/mol. The van der Waals surface area contributed by atoms with E-state index in [9.17, 15) is 4.79 Å². The number of benzene rings is 1. The molecule has 1 amide bonds. The molecule has 0 aliphatic carbocycles. The zero-order chi connectivity index (χ0) is 13.1. The third kappa shape index (κ3) is 2.47. The molecular weight excluding hydrogens is 228 g/mol. The van der Waals surface area contributed by atoms with Crippen LogP contribution in [-0.2, 0) is 0 Å². The van der Waals surface area contributed by atoms with Gasteiger partial charge in [-0.2, -0.15) is 0 Å². The summed E-state index contributed by atoms with van der Waals surface area (Å²) in [6.45, 7) is 3.48. The number of carbonyl (C=O) groups excluding carboxylic acids is 1. The van der Waals surface area contributed by atoms with Crippen molar-refractivity contribution >= 4 is 11.6 Å². The molecule has 1 aliphatic rings. The molecule has 2 N–H and O–H groups in total. The van der Waals surface area contributed by atoms with Crippen molar-refractivity contribution in [3.63, 3.8) is 0 Å². The molecule has 1 aromatic rings. The second-order valence-electron chi connectivity index (χ2n) is 4.53. The Morgan fingerprint density at radius 3 is 2.89 bits per heavy atom. The van der Waals surface area contributed by atoms with Gasteiger partial charge in [0.1, 0.15) is 5.75 Å². The number of carbonyl (C=O) groups is 1. The number of anilines is 1. The Balaban J connectivity index is 2.26. The maximum Gasteiger partial charge on any atom is 0.257 e. The van der Waals surface area contributed by atoms with Gasteiger partial charge in [0.15, 0.2) is 0 Å². The SMILES string of the molecule is COc1cc(N)ccc1C(=O)N1CCC=C(C)C1. The highest BCUT2D eigenvalue weighted by Crippen LogP contribution is 2.24. The second-order valence-corrected chi connectivity index (χ2v) is 4.53. The first-order chi connectivity index (χ1) is 8.61. The first-order valence-corrected chi connectivity index (χ1v) is 6.00. The fourth-order valence-corrected chi connectivity index (χ4v) is 2.14. The van der Waals surface area contributed by atoms with Crippen LogP contribution in [0.2, 0.25) is 0 Å². The summed E-state index contributed by atoms with van der Waals surface area (Å²) in [7, 11) is 1.55. The van der Waals surface area contributed by atoms with Crippen molar-refractivity contribution in [2.75, 3.05) is 25.9 Å². The second kappa shape index (κ2) is 5.12. The predicted octanol–water partition coefficient (Wildman–Crippen LogP) is 2.07. The monoisotopic (exact) mass is 246 g/mol. The fourth-order valence-electron chi connectivity index (χ4n) is 2.14. The highest BCUT2D eigenvalue weighted by atomic mass is 16.5. The van der Waals surface area contributed by atoms with E-state index in [1.807, 2.05) is 11.8 Å². The van der Waals surface area contributed by atoms with Gasteiger partial charge in [-0.15, -0.1) is 0 Å². The van der Waals surface area contributed by atoms with E-state index < -0.39 is 0 Å². The van der Waals surface area contributed by atoms with Gasteiger partial charge in [-0.25, -0.2) is 0 Å². The summed E-state index contributed by atoms with van der Waals surface area (Å²) in [5, 5.41) is 0. The normalized spacial score (nSPS) is 15.2. The summed E-state index contributed by atoms with van der Waals surface area (Å²) in [4.78, 5) is 14.3. The highest BCUT2D eigenvalue weighted by Gasteiger charge is 2.21. The van der Waals surface area contributed by atoms with E-state index in [1.165, 1.54) is 5.57 Å². The lowest BCUT2D eigenvalue weighted by molar-refractivity contribution is 0.0762. The lowest BCUT2D eigenvalue weighted by Gasteiger charge is -2.26. The third-order valence-corrected chi connectivity index (χ3v) is 3.08. The molecule has 0 saturated heterocycles. The minimum absolute atomic E-state index is 0.000648. The third-order valence-electron chi connectivity index (χ3n) is 3.08. The van der Waals surface area contributed by atoms with Crippen LogP contribution in [0.1, 0.15) is 23.7 Å². The van der Waals surface area contributed by atoms with E-state index >= 15 is 0 Å². The topological polar surface area (TPSA) is 55.6 Å². The standard InChI is InChI=1S/C14H18N2O2/c1-10-4-3-7-16(9-10)14(17)12-6-5-11(15)8-13(12)18-2/h4-6,8H,3,7,9,15H2,1-2H3. The Bertz CT molecular complexity index is 495. The fraction of sp³-hybridized carbons (Fsp3) is 0.357. The van der Waals surface area contributed by atoms with Gasteiger partial charge in [-0.05, 0) is 25.5 Å². The predicted molar refractivity (Wildman–Crippen MR) is 71.7 cm³/mol. The molecular formula is C14H18N2O2. The minimum Gasteiger partial charge on any atom is -0.496 e. The van der Waals surface area contributed by atoms with E-state index in [0.717, 1.165) is 13.0 Å². The van der Waals surface area contributed by atoms with Crippen molar-refractivity contribution in [2.24, 2.45) is 0 Å². The molecule has 0 spiro atoms. The van der Waals surface area contributed by atoms with Crippen LogP contribution in [0.4, 0.5) is 5.69 Å². The van der Waals surface area contributed by atoms with Gasteiger partial charge in [0.25, 0.3) is 5.91 Å². The van der Waals surface area contributed by atoms with Crippen molar-refractivity contribution in [2.45, 2.75) is 13.3 Å². The summed E-state index contributed by atoms with van der Waals surface area (Å²) < 4.78 is 5.22. The highest BCUT2D eigenvalue weighted by molar-refractivity contribution is 5.97. The molecule has 0 aromatic heterocycles. The number of ether oxygens (including phenoxy) is 1. The van der Waals surface area contributed by atoms with Gasteiger partial charge in [0.2, 0.25) is 0 Å². The summed E-state index contributed by atoms with van der Waals surface area (Å²) >= 11 is 0. The summed E-state index contributed by atoms with van der Waals surface area (Å²) in [6, 6.07) is 5.13. The van der Waals surface area contributed by atoms with Gasteiger partial charge in [-0.3, -0.25) is 4.79 Å².